The molecule has 0 saturated heterocycles. The topological polar surface area (TPSA) is 64.7 Å². The van der Waals surface area contributed by atoms with Gasteiger partial charge in [0, 0.05) is 6.04 Å². The molecule has 84 valence electrons. The van der Waals surface area contributed by atoms with Crippen molar-refractivity contribution in [2.24, 2.45) is 5.73 Å². The highest BCUT2D eigenvalue weighted by Gasteiger charge is 2.07. The van der Waals surface area contributed by atoms with Gasteiger partial charge in [-0.15, -0.1) is 0 Å². The summed E-state index contributed by atoms with van der Waals surface area (Å²) in [7, 11) is 1.58. The Morgan fingerprint density at radius 2 is 2.13 bits per heavy atom. The lowest BCUT2D eigenvalue weighted by Gasteiger charge is -2.12. The van der Waals surface area contributed by atoms with Crippen LogP contribution in [0.15, 0.2) is 18.2 Å². The highest BCUT2D eigenvalue weighted by atomic mass is 16.5. The van der Waals surface area contributed by atoms with Crippen LogP contribution in [0.1, 0.15) is 18.5 Å². The van der Waals surface area contributed by atoms with Crippen LogP contribution in [-0.4, -0.2) is 25.4 Å². The van der Waals surface area contributed by atoms with Crippen LogP contribution >= 0.6 is 0 Å². The van der Waals surface area contributed by atoms with Crippen molar-refractivity contribution in [2.75, 3.05) is 20.3 Å². The Bertz CT molecular complexity index is 313. The van der Waals surface area contributed by atoms with Crippen LogP contribution in [0.3, 0.4) is 0 Å². The summed E-state index contributed by atoms with van der Waals surface area (Å²) < 4.78 is 10.5. The summed E-state index contributed by atoms with van der Waals surface area (Å²) >= 11 is 0. The van der Waals surface area contributed by atoms with Gasteiger partial charge in [-0.25, -0.2) is 0 Å². The van der Waals surface area contributed by atoms with Crippen molar-refractivity contribution in [1.82, 2.24) is 0 Å². The van der Waals surface area contributed by atoms with Gasteiger partial charge in [-0.2, -0.15) is 0 Å². The van der Waals surface area contributed by atoms with Crippen molar-refractivity contribution in [3.05, 3.63) is 23.8 Å². The van der Waals surface area contributed by atoms with Gasteiger partial charge in [0.1, 0.15) is 6.61 Å². The molecule has 1 atom stereocenters. The number of methoxy groups -OCH3 is 1. The Hall–Kier alpha value is -1.26. The van der Waals surface area contributed by atoms with E-state index < -0.39 is 0 Å². The molecule has 4 nitrogen and oxygen atoms in total. The van der Waals surface area contributed by atoms with E-state index >= 15 is 0 Å². The zero-order valence-corrected chi connectivity index (χ0v) is 9.06. The molecule has 0 aliphatic heterocycles. The average molecular weight is 211 g/mol. The molecular formula is C11H17NO3. The predicted octanol–water partition coefficient (Wildman–Crippen LogP) is 1.09. The minimum atomic E-state index is -0.0363. The van der Waals surface area contributed by atoms with Crippen LogP contribution < -0.4 is 15.2 Å². The molecule has 0 saturated carbocycles. The van der Waals surface area contributed by atoms with Crippen LogP contribution in [0.4, 0.5) is 0 Å². The number of aliphatic hydroxyl groups is 1. The molecule has 0 aliphatic carbocycles. The monoisotopic (exact) mass is 211 g/mol. The number of nitrogens with two attached hydrogens (primary N) is 1. The maximum atomic E-state index is 8.65. The highest BCUT2D eigenvalue weighted by Crippen LogP contribution is 2.29. The molecule has 1 aromatic rings. The summed E-state index contributed by atoms with van der Waals surface area (Å²) in [5.41, 5.74) is 6.74. The van der Waals surface area contributed by atoms with Crippen molar-refractivity contribution in [3.8, 4) is 11.5 Å². The van der Waals surface area contributed by atoms with Gasteiger partial charge in [-0.3, -0.25) is 0 Å². The Balaban J connectivity index is 2.88. The molecule has 0 fully saturated rings. The van der Waals surface area contributed by atoms with E-state index in [-0.39, 0.29) is 19.3 Å². The van der Waals surface area contributed by atoms with Gasteiger partial charge in [0.15, 0.2) is 11.5 Å². The van der Waals surface area contributed by atoms with Crippen molar-refractivity contribution in [2.45, 2.75) is 13.0 Å². The Morgan fingerprint density at radius 3 is 2.67 bits per heavy atom. The fourth-order valence-electron chi connectivity index (χ4n) is 1.24. The smallest absolute Gasteiger partial charge is 0.161 e. The largest absolute Gasteiger partial charge is 0.493 e. The van der Waals surface area contributed by atoms with E-state index in [4.69, 9.17) is 20.3 Å². The molecule has 0 bridgehead atoms. The second kappa shape index (κ2) is 5.58. The van der Waals surface area contributed by atoms with E-state index in [2.05, 4.69) is 0 Å². The second-order valence-electron chi connectivity index (χ2n) is 3.27. The zero-order valence-electron chi connectivity index (χ0n) is 9.06. The molecular weight excluding hydrogens is 194 g/mol. The minimum absolute atomic E-state index is 0.0157. The lowest BCUT2D eigenvalue weighted by Crippen LogP contribution is -2.07. The van der Waals surface area contributed by atoms with E-state index in [0.29, 0.717) is 11.5 Å². The molecule has 0 unspecified atom stereocenters. The van der Waals surface area contributed by atoms with Gasteiger partial charge in [-0.05, 0) is 24.6 Å². The maximum Gasteiger partial charge on any atom is 0.161 e. The van der Waals surface area contributed by atoms with E-state index in [9.17, 15) is 0 Å². The van der Waals surface area contributed by atoms with Crippen LogP contribution in [0, 0.1) is 0 Å². The Morgan fingerprint density at radius 1 is 1.40 bits per heavy atom. The van der Waals surface area contributed by atoms with Crippen LogP contribution in [-0.2, 0) is 0 Å². The third-order valence-electron chi connectivity index (χ3n) is 2.06. The lowest BCUT2D eigenvalue weighted by atomic mass is 10.1. The highest BCUT2D eigenvalue weighted by molar-refractivity contribution is 5.43. The first-order valence-electron chi connectivity index (χ1n) is 4.86. The molecule has 0 aromatic heterocycles. The summed E-state index contributed by atoms with van der Waals surface area (Å²) in [6.45, 7) is 2.15. The molecule has 4 heteroatoms. The predicted molar refractivity (Wildman–Crippen MR) is 58.2 cm³/mol. The molecule has 15 heavy (non-hydrogen) atoms. The minimum Gasteiger partial charge on any atom is -0.493 e. The van der Waals surface area contributed by atoms with Gasteiger partial charge in [0.05, 0.1) is 13.7 Å². The summed E-state index contributed by atoms with van der Waals surface area (Å²) in [4.78, 5) is 0. The van der Waals surface area contributed by atoms with Crippen LogP contribution in [0.5, 0.6) is 11.5 Å². The Labute approximate surface area is 89.6 Å². The second-order valence-corrected chi connectivity index (χ2v) is 3.27. The Kier molecular flexibility index (Phi) is 4.39. The fourth-order valence-corrected chi connectivity index (χ4v) is 1.24. The molecule has 0 radical (unpaired) electrons. The number of rotatable bonds is 5. The van der Waals surface area contributed by atoms with E-state index in [1.54, 1.807) is 13.2 Å². The SMILES string of the molecule is COc1cc([C@H](C)N)ccc1OCCO. The number of hydrogen-bond donors (Lipinski definition) is 2. The maximum absolute atomic E-state index is 8.65. The summed E-state index contributed by atoms with van der Waals surface area (Å²) in [5.74, 6) is 1.26. The number of ether oxygens (including phenoxy) is 2. The van der Waals surface area contributed by atoms with E-state index in [0.717, 1.165) is 5.56 Å². The number of hydrogen-bond acceptors (Lipinski definition) is 4. The summed E-state index contributed by atoms with van der Waals surface area (Å²) in [6, 6.07) is 5.50. The fraction of sp³-hybridized carbons (Fsp3) is 0.455. The van der Waals surface area contributed by atoms with Gasteiger partial charge in [0.25, 0.3) is 0 Å². The molecule has 0 aliphatic rings. The van der Waals surface area contributed by atoms with Gasteiger partial charge >= 0.3 is 0 Å². The van der Waals surface area contributed by atoms with Gasteiger partial charge in [0.2, 0.25) is 0 Å². The number of benzene rings is 1. The average Bonchev–Trinajstić information content (AvgIpc) is 2.25. The first kappa shape index (κ1) is 11.8. The van der Waals surface area contributed by atoms with Crippen LogP contribution in [0.25, 0.3) is 0 Å². The molecule has 0 amide bonds. The van der Waals surface area contributed by atoms with Crippen LogP contribution in [0.2, 0.25) is 0 Å². The molecule has 3 N–H and O–H groups in total. The van der Waals surface area contributed by atoms with Crippen molar-refractivity contribution in [1.29, 1.82) is 0 Å². The molecule has 0 spiro atoms. The lowest BCUT2D eigenvalue weighted by molar-refractivity contribution is 0.196. The standard InChI is InChI=1S/C11H17NO3/c1-8(12)9-3-4-10(15-6-5-13)11(7-9)14-2/h3-4,7-8,13H,5-6,12H2,1-2H3/t8-/m0/s1. The third-order valence-corrected chi connectivity index (χ3v) is 2.06. The molecule has 0 heterocycles. The van der Waals surface area contributed by atoms with E-state index in [1.807, 2.05) is 19.1 Å². The zero-order chi connectivity index (χ0) is 11.3. The summed E-state index contributed by atoms with van der Waals surface area (Å²) in [6.07, 6.45) is 0. The first-order valence-corrected chi connectivity index (χ1v) is 4.86. The number of aliphatic hydroxyl groups excluding tert-OH is 1. The first-order chi connectivity index (χ1) is 7.19. The van der Waals surface area contributed by atoms with Crippen molar-refractivity contribution in [3.63, 3.8) is 0 Å². The van der Waals surface area contributed by atoms with Gasteiger partial charge < -0.3 is 20.3 Å². The molecule has 1 aromatic carbocycles. The van der Waals surface area contributed by atoms with E-state index in [1.165, 1.54) is 0 Å². The van der Waals surface area contributed by atoms with Gasteiger partial charge in [-0.1, -0.05) is 6.07 Å². The summed E-state index contributed by atoms with van der Waals surface area (Å²) in [5, 5.41) is 8.65. The quantitative estimate of drug-likeness (QED) is 0.765. The normalized spacial score (nSPS) is 12.3. The van der Waals surface area contributed by atoms with Crippen molar-refractivity contribution >= 4 is 0 Å². The third kappa shape index (κ3) is 3.11. The van der Waals surface area contributed by atoms with Crippen molar-refractivity contribution < 1.29 is 14.6 Å². The molecule has 1 rings (SSSR count).